The van der Waals surface area contributed by atoms with E-state index < -0.39 is 0 Å². The molecule has 0 radical (unpaired) electrons. The molecule has 4 nitrogen and oxygen atoms in total. The first kappa shape index (κ1) is 35.7. The first-order valence-electron chi connectivity index (χ1n) is 14.5. The van der Waals surface area contributed by atoms with Crippen molar-refractivity contribution in [3.63, 3.8) is 0 Å². The van der Waals surface area contributed by atoms with Crippen molar-refractivity contribution in [2.45, 2.75) is 143 Å². The van der Waals surface area contributed by atoms with Gasteiger partial charge in [0.05, 0.1) is 0 Å². The lowest BCUT2D eigenvalue weighted by Crippen LogP contribution is -2.45. The molecule has 2 aliphatic rings. The molecule has 35 heavy (non-hydrogen) atoms. The van der Waals surface area contributed by atoms with E-state index in [-0.39, 0.29) is 53.9 Å². The Hall–Kier alpha value is 0.690. The molecule has 5 N–H and O–H groups in total. The van der Waals surface area contributed by atoms with E-state index in [1.165, 1.54) is 109 Å². The Kier molecular flexibility index (Phi) is 19.2. The monoisotopic (exact) mass is 718 g/mol. The third-order valence-corrected chi connectivity index (χ3v) is 8.54. The van der Waals surface area contributed by atoms with Crippen molar-refractivity contribution in [1.29, 1.82) is 5.41 Å². The maximum absolute atomic E-state index is 7.72. The average molecular weight is 719 g/mol. The quantitative estimate of drug-likeness (QED) is 0.0594. The smallest absolute Gasteiger partial charge is 0.185 e. The van der Waals surface area contributed by atoms with E-state index in [2.05, 4.69) is 38.3 Å². The predicted octanol–water partition coefficient (Wildman–Crippen LogP) is 8.61. The first-order valence-corrected chi connectivity index (χ1v) is 14.5. The molecular formula is C29H60I2N4. The van der Waals surface area contributed by atoms with Crippen molar-refractivity contribution < 1.29 is 0 Å². The second-order valence-electron chi connectivity index (χ2n) is 13.1. The minimum Gasteiger partial charge on any atom is -0.370 e. The number of rotatable bonds is 15. The van der Waals surface area contributed by atoms with Crippen molar-refractivity contribution in [1.82, 2.24) is 10.6 Å². The van der Waals surface area contributed by atoms with E-state index in [0.29, 0.717) is 22.8 Å². The molecule has 0 spiro atoms. The zero-order chi connectivity index (χ0) is 24.2. The van der Waals surface area contributed by atoms with Gasteiger partial charge in [-0.3, -0.25) is 5.41 Å². The molecular weight excluding hydrogens is 658 g/mol. The minimum atomic E-state index is 0. The molecule has 2 rings (SSSR count). The van der Waals surface area contributed by atoms with Crippen LogP contribution in [0, 0.1) is 28.1 Å². The molecule has 0 amide bonds. The normalized spacial score (nSPS) is 24.0. The van der Waals surface area contributed by atoms with Crippen molar-refractivity contribution in [2.75, 3.05) is 13.1 Å². The van der Waals surface area contributed by atoms with E-state index in [4.69, 9.17) is 11.1 Å². The average Bonchev–Trinajstić information content (AvgIpc) is 2.72. The third kappa shape index (κ3) is 16.3. The molecule has 3 atom stereocenters. The molecule has 210 valence electrons. The Labute approximate surface area is 252 Å². The summed E-state index contributed by atoms with van der Waals surface area (Å²) in [4.78, 5) is 0. The van der Waals surface area contributed by atoms with Gasteiger partial charge in [0.15, 0.2) is 5.96 Å². The van der Waals surface area contributed by atoms with Crippen LogP contribution in [0.4, 0.5) is 0 Å². The van der Waals surface area contributed by atoms with E-state index >= 15 is 0 Å². The molecule has 2 aliphatic carbocycles. The summed E-state index contributed by atoms with van der Waals surface area (Å²) in [5.41, 5.74) is 6.75. The molecule has 0 aliphatic heterocycles. The predicted molar refractivity (Wildman–Crippen MR) is 176 cm³/mol. The van der Waals surface area contributed by atoms with Gasteiger partial charge in [-0.15, -0.1) is 48.0 Å². The molecule has 0 aromatic heterocycles. The topological polar surface area (TPSA) is 73.9 Å². The number of hydrogen-bond acceptors (Lipinski definition) is 2. The van der Waals surface area contributed by atoms with Gasteiger partial charge >= 0.3 is 0 Å². The number of guanidine groups is 1. The molecule has 0 bridgehead atoms. The van der Waals surface area contributed by atoms with Crippen LogP contribution in [0.5, 0.6) is 0 Å². The highest BCUT2D eigenvalue weighted by Gasteiger charge is 2.32. The summed E-state index contributed by atoms with van der Waals surface area (Å²) in [5, 5.41) is 14.7. The number of unbranched alkanes of at least 4 members (excludes halogenated alkanes) is 5. The number of halogens is 2. The van der Waals surface area contributed by atoms with Crippen LogP contribution in [-0.2, 0) is 0 Å². The molecule has 0 heterocycles. The van der Waals surface area contributed by atoms with Gasteiger partial charge in [0.25, 0.3) is 0 Å². The Balaban J connectivity index is 0.00000578. The van der Waals surface area contributed by atoms with Gasteiger partial charge in [0, 0.05) is 6.04 Å². The fraction of sp³-hybridized carbons (Fsp3) is 0.966. The van der Waals surface area contributed by atoms with Crippen LogP contribution in [0.1, 0.15) is 137 Å². The fourth-order valence-electron chi connectivity index (χ4n) is 6.78. The largest absolute Gasteiger partial charge is 0.370 e. The molecule has 0 saturated heterocycles. The molecule has 3 unspecified atom stereocenters. The summed E-state index contributed by atoms with van der Waals surface area (Å²) in [6.45, 7) is 12.0. The first-order chi connectivity index (χ1) is 15.7. The summed E-state index contributed by atoms with van der Waals surface area (Å²) in [5.74, 6) is 1.81. The van der Waals surface area contributed by atoms with Crippen LogP contribution in [0.25, 0.3) is 0 Å². The maximum Gasteiger partial charge on any atom is 0.185 e. The third-order valence-electron chi connectivity index (χ3n) is 8.54. The lowest BCUT2D eigenvalue weighted by atomic mass is 9.69. The number of nitrogens with two attached hydrogens (primary N) is 1. The Morgan fingerprint density at radius 3 is 2.00 bits per heavy atom. The van der Waals surface area contributed by atoms with Crippen LogP contribution >= 0.6 is 48.0 Å². The van der Waals surface area contributed by atoms with Gasteiger partial charge in [0.2, 0.25) is 0 Å². The minimum absolute atomic E-state index is 0. The van der Waals surface area contributed by atoms with Crippen LogP contribution in [0.2, 0.25) is 0 Å². The van der Waals surface area contributed by atoms with Gasteiger partial charge in [-0.2, -0.15) is 0 Å². The van der Waals surface area contributed by atoms with Crippen molar-refractivity contribution in [3.8, 4) is 0 Å². The van der Waals surface area contributed by atoms with Gasteiger partial charge in [-0.25, -0.2) is 0 Å². The van der Waals surface area contributed by atoms with Gasteiger partial charge in [0.1, 0.15) is 0 Å². The number of hydrogen-bond donors (Lipinski definition) is 4. The molecule has 0 aromatic rings. The maximum atomic E-state index is 7.72. The Bertz CT molecular complexity index is 553. The van der Waals surface area contributed by atoms with Gasteiger partial charge in [-0.1, -0.05) is 85.5 Å². The SMILES string of the molecule is CC1(C)CCCC(CCCCCCNCCCCCC(NC(=N)N)C2CCCC(C)(C)C2)C1.I.I. The van der Waals surface area contributed by atoms with E-state index in [9.17, 15) is 0 Å². The van der Waals surface area contributed by atoms with E-state index in [0.717, 1.165) is 18.9 Å². The Morgan fingerprint density at radius 1 is 0.829 bits per heavy atom. The molecule has 2 fully saturated rings. The lowest BCUT2D eigenvalue weighted by Gasteiger charge is -2.39. The summed E-state index contributed by atoms with van der Waals surface area (Å²) in [6, 6.07) is 0.384. The van der Waals surface area contributed by atoms with Gasteiger partial charge in [-0.05, 0) is 87.1 Å². The summed E-state index contributed by atoms with van der Waals surface area (Å²) < 4.78 is 0. The summed E-state index contributed by atoms with van der Waals surface area (Å²) in [7, 11) is 0. The molecule has 0 aromatic carbocycles. The van der Waals surface area contributed by atoms with Crippen LogP contribution < -0.4 is 16.4 Å². The second-order valence-corrected chi connectivity index (χ2v) is 13.1. The second kappa shape index (κ2) is 18.9. The highest BCUT2D eigenvalue weighted by Crippen LogP contribution is 2.41. The highest BCUT2D eigenvalue weighted by molar-refractivity contribution is 14.0. The van der Waals surface area contributed by atoms with Gasteiger partial charge < -0.3 is 16.4 Å². The highest BCUT2D eigenvalue weighted by atomic mass is 127. The fourth-order valence-corrected chi connectivity index (χ4v) is 6.78. The van der Waals surface area contributed by atoms with E-state index in [1.54, 1.807) is 0 Å². The zero-order valence-corrected chi connectivity index (χ0v) is 28.2. The Morgan fingerprint density at radius 2 is 1.40 bits per heavy atom. The van der Waals surface area contributed by atoms with E-state index in [1.807, 2.05) is 0 Å². The standard InChI is InChI=1S/C29H58N4.2HI/c1-28(2)18-12-15-24(22-28)14-8-5-6-10-20-32-21-11-7-9-17-26(33-27(30)31)25-16-13-19-29(3,4)23-25;;/h24-26,32H,5-23H2,1-4H3,(H4,30,31,33);2*1H. The van der Waals surface area contributed by atoms with Crippen LogP contribution in [0.3, 0.4) is 0 Å². The van der Waals surface area contributed by atoms with Crippen LogP contribution in [0.15, 0.2) is 0 Å². The molecule has 2 saturated carbocycles. The number of nitrogens with one attached hydrogen (secondary N) is 3. The summed E-state index contributed by atoms with van der Waals surface area (Å²) >= 11 is 0. The van der Waals surface area contributed by atoms with Crippen LogP contribution in [-0.4, -0.2) is 25.1 Å². The van der Waals surface area contributed by atoms with Crippen molar-refractivity contribution >= 4 is 53.9 Å². The zero-order valence-electron chi connectivity index (χ0n) is 23.6. The molecule has 6 heteroatoms. The lowest BCUT2D eigenvalue weighted by molar-refractivity contribution is 0.149. The van der Waals surface area contributed by atoms with Crippen molar-refractivity contribution in [3.05, 3.63) is 0 Å². The summed E-state index contributed by atoms with van der Waals surface area (Å²) in [6.07, 6.45) is 23.0. The van der Waals surface area contributed by atoms with Crippen molar-refractivity contribution in [2.24, 2.45) is 28.4 Å².